The van der Waals surface area contributed by atoms with Crippen LogP contribution in [-0.4, -0.2) is 29.2 Å². The van der Waals surface area contributed by atoms with Crippen molar-refractivity contribution in [3.05, 3.63) is 35.9 Å². The summed E-state index contributed by atoms with van der Waals surface area (Å²) >= 11 is 0. The molecule has 1 aromatic carbocycles. The molecule has 0 spiro atoms. The van der Waals surface area contributed by atoms with E-state index in [1.165, 1.54) is 25.1 Å². The molecule has 1 aliphatic heterocycles. The largest absolute Gasteiger partial charge is 0.393 e. The second-order valence-electron chi connectivity index (χ2n) is 5.67. The van der Waals surface area contributed by atoms with E-state index in [4.69, 9.17) is 0 Å². The molecule has 1 unspecified atom stereocenters. The van der Waals surface area contributed by atoms with Crippen LogP contribution in [0.3, 0.4) is 0 Å². The monoisotopic (exact) mass is 231 g/mol. The topological polar surface area (TPSA) is 23.5 Å². The number of aliphatic hydroxyl groups excluding tert-OH is 1. The van der Waals surface area contributed by atoms with E-state index in [1.54, 1.807) is 0 Å². The number of benzene rings is 1. The number of rotatable bonds is 2. The van der Waals surface area contributed by atoms with Gasteiger partial charge in [-0.1, -0.05) is 30.3 Å². The van der Waals surface area contributed by atoms with E-state index < -0.39 is 0 Å². The van der Waals surface area contributed by atoms with Gasteiger partial charge in [-0.15, -0.1) is 0 Å². The molecule has 0 amide bonds. The standard InChI is InChI=1S/C15H21NO/c17-15-7-6-13-10-16(11-14(13)8-15)9-12-4-2-1-3-5-12/h1-5,13-15,17H,6-11H2/t13-,14+,15?/m1/s1. The van der Waals surface area contributed by atoms with Crippen molar-refractivity contribution < 1.29 is 5.11 Å². The molecule has 2 nitrogen and oxygen atoms in total. The Labute approximate surface area is 103 Å². The maximum atomic E-state index is 9.71. The number of nitrogens with zero attached hydrogens (tertiary/aromatic N) is 1. The van der Waals surface area contributed by atoms with Gasteiger partial charge in [-0.2, -0.15) is 0 Å². The van der Waals surface area contributed by atoms with Gasteiger partial charge in [0.15, 0.2) is 0 Å². The molecule has 0 aromatic heterocycles. The maximum Gasteiger partial charge on any atom is 0.0543 e. The van der Waals surface area contributed by atoms with Crippen LogP contribution in [0.4, 0.5) is 0 Å². The Morgan fingerprint density at radius 2 is 1.82 bits per heavy atom. The first-order valence-electron chi connectivity index (χ1n) is 6.75. The van der Waals surface area contributed by atoms with Gasteiger partial charge < -0.3 is 5.11 Å². The van der Waals surface area contributed by atoms with Crippen LogP contribution < -0.4 is 0 Å². The predicted molar refractivity (Wildman–Crippen MR) is 68.6 cm³/mol. The minimum Gasteiger partial charge on any atom is -0.393 e. The summed E-state index contributed by atoms with van der Waals surface area (Å²) in [5.41, 5.74) is 1.41. The first kappa shape index (κ1) is 11.2. The zero-order valence-electron chi connectivity index (χ0n) is 10.3. The van der Waals surface area contributed by atoms with Crippen molar-refractivity contribution in [2.45, 2.75) is 31.9 Å². The van der Waals surface area contributed by atoms with E-state index in [2.05, 4.69) is 35.2 Å². The molecule has 1 aliphatic carbocycles. The molecular weight excluding hydrogens is 210 g/mol. The lowest BCUT2D eigenvalue weighted by Gasteiger charge is -2.27. The van der Waals surface area contributed by atoms with Crippen LogP contribution in [0.2, 0.25) is 0 Å². The Kier molecular flexibility index (Phi) is 3.17. The molecule has 3 atom stereocenters. The van der Waals surface area contributed by atoms with Crippen molar-refractivity contribution in [3.8, 4) is 0 Å². The van der Waals surface area contributed by atoms with E-state index in [9.17, 15) is 5.11 Å². The fraction of sp³-hybridized carbons (Fsp3) is 0.600. The zero-order chi connectivity index (χ0) is 11.7. The maximum absolute atomic E-state index is 9.71. The van der Waals surface area contributed by atoms with E-state index in [1.807, 2.05) is 0 Å². The predicted octanol–water partition coefficient (Wildman–Crippen LogP) is 2.28. The molecule has 1 aromatic rings. The fourth-order valence-corrected chi connectivity index (χ4v) is 3.47. The summed E-state index contributed by atoms with van der Waals surface area (Å²) in [6, 6.07) is 10.7. The van der Waals surface area contributed by atoms with Gasteiger partial charge in [-0.05, 0) is 36.7 Å². The molecule has 2 aliphatic rings. The highest BCUT2D eigenvalue weighted by molar-refractivity contribution is 5.14. The molecule has 0 radical (unpaired) electrons. The highest BCUT2D eigenvalue weighted by Crippen LogP contribution is 2.36. The second kappa shape index (κ2) is 4.79. The van der Waals surface area contributed by atoms with Crippen molar-refractivity contribution >= 4 is 0 Å². The number of likely N-dealkylation sites (tertiary alicyclic amines) is 1. The molecule has 1 saturated carbocycles. The minimum atomic E-state index is -0.0343. The first-order chi connectivity index (χ1) is 8.31. The van der Waals surface area contributed by atoms with E-state index in [-0.39, 0.29) is 6.10 Å². The summed E-state index contributed by atoms with van der Waals surface area (Å²) in [5.74, 6) is 1.57. The number of hydrogen-bond donors (Lipinski definition) is 1. The van der Waals surface area contributed by atoms with Crippen LogP contribution in [0.1, 0.15) is 24.8 Å². The van der Waals surface area contributed by atoms with Crippen LogP contribution in [0.5, 0.6) is 0 Å². The van der Waals surface area contributed by atoms with Crippen molar-refractivity contribution in [2.24, 2.45) is 11.8 Å². The molecule has 17 heavy (non-hydrogen) atoms. The number of fused-ring (bicyclic) bond motifs is 1. The van der Waals surface area contributed by atoms with Crippen LogP contribution >= 0.6 is 0 Å². The van der Waals surface area contributed by atoms with Gasteiger partial charge in [-0.25, -0.2) is 0 Å². The molecule has 3 rings (SSSR count). The minimum absolute atomic E-state index is 0.0343. The Morgan fingerprint density at radius 3 is 2.65 bits per heavy atom. The average molecular weight is 231 g/mol. The van der Waals surface area contributed by atoms with E-state index in [0.717, 1.165) is 31.2 Å². The summed E-state index contributed by atoms with van der Waals surface area (Å²) in [6.07, 6.45) is 3.22. The van der Waals surface area contributed by atoms with Crippen LogP contribution in [0.25, 0.3) is 0 Å². The molecule has 0 bridgehead atoms. The van der Waals surface area contributed by atoms with Gasteiger partial charge in [0.2, 0.25) is 0 Å². The third kappa shape index (κ3) is 2.53. The number of aliphatic hydroxyl groups is 1. The SMILES string of the molecule is OC1CC[C@@H]2CN(Cc3ccccc3)C[C@@H]2C1. The van der Waals surface area contributed by atoms with E-state index in [0.29, 0.717) is 0 Å². The van der Waals surface area contributed by atoms with Gasteiger partial charge in [0.05, 0.1) is 6.10 Å². The van der Waals surface area contributed by atoms with Gasteiger partial charge >= 0.3 is 0 Å². The third-order valence-electron chi connectivity index (χ3n) is 4.35. The van der Waals surface area contributed by atoms with Gasteiger partial charge in [0, 0.05) is 19.6 Å². The summed E-state index contributed by atoms with van der Waals surface area (Å²) in [5, 5.41) is 9.71. The summed E-state index contributed by atoms with van der Waals surface area (Å²) in [7, 11) is 0. The quantitative estimate of drug-likeness (QED) is 0.844. The second-order valence-corrected chi connectivity index (χ2v) is 5.67. The van der Waals surface area contributed by atoms with Crippen molar-refractivity contribution in [1.82, 2.24) is 4.90 Å². The van der Waals surface area contributed by atoms with Crippen molar-refractivity contribution in [1.29, 1.82) is 0 Å². The highest BCUT2D eigenvalue weighted by atomic mass is 16.3. The lowest BCUT2D eigenvalue weighted by atomic mass is 9.80. The fourth-order valence-electron chi connectivity index (χ4n) is 3.47. The van der Waals surface area contributed by atoms with Gasteiger partial charge in [-0.3, -0.25) is 4.90 Å². The number of hydrogen-bond acceptors (Lipinski definition) is 2. The van der Waals surface area contributed by atoms with E-state index >= 15 is 0 Å². The van der Waals surface area contributed by atoms with Crippen LogP contribution in [-0.2, 0) is 6.54 Å². The van der Waals surface area contributed by atoms with Gasteiger partial charge in [0.1, 0.15) is 0 Å². The molecule has 1 heterocycles. The molecule has 2 fully saturated rings. The Bertz CT molecular complexity index is 364. The summed E-state index contributed by atoms with van der Waals surface area (Å²) in [4.78, 5) is 2.56. The molecule has 2 heteroatoms. The Hall–Kier alpha value is -0.860. The smallest absolute Gasteiger partial charge is 0.0543 e. The molecule has 1 N–H and O–H groups in total. The lowest BCUT2D eigenvalue weighted by Crippen LogP contribution is -2.26. The molecular formula is C15H21NO. The third-order valence-corrected chi connectivity index (χ3v) is 4.35. The van der Waals surface area contributed by atoms with Crippen LogP contribution in [0, 0.1) is 11.8 Å². The summed E-state index contributed by atoms with van der Waals surface area (Å²) < 4.78 is 0. The summed E-state index contributed by atoms with van der Waals surface area (Å²) in [6.45, 7) is 3.48. The zero-order valence-corrected chi connectivity index (χ0v) is 10.3. The van der Waals surface area contributed by atoms with Gasteiger partial charge in [0.25, 0.3) is 0 Å². The first-order valence-corrected chi connectivity index (χ1v) is 6.75. The van der Waals surface area contributed by atoms with Crippen molar-refractivity contribution in [3.63, 3.8) is 0 Å². The normalized spacial score (nSPS) is 33.6. The van der Waals surface area contributed by atoms with Crippen molar-refractivity contribution in [2.75, 3.05) is 13.1 Å². The Balaban J connectivity index is 1.60. The average Bonchev–Trinajstić information content (AvgIpc) is 2.71. The Morgan fingerprint density at radius 1 is 1.06 bits per heavy atom. The molecule has 1 saturated heterocycles. The molecule has 92 valence electrons. The lowest BCUT2D eigenvalue weighted by molar-refractivity contribution is 0.0865. The highest BCUT2D eigenvalue weighted by Gasteiger charge is 2.36. The van der Waals surface area contributed by atoms with Crippen LogP contribution in [0.15, 0.2) is 30.3 Å².